The second-order valence-corrected chi connectivity index (χ2v) is 5.11. The highest BCUT2D eigenvalue weighted by Gasteiger charge is 2.14. The van der Waals surface area contributed by atoms with E-state index >= 15 is 0 Å². The van der Waals surface area contributed by atoms with Crippen LogP contribution in [0.2, 0.25) is 0 Å². The van der Waals surface area contributed by atoms with Crippen LogP contribution in [0.4, 0.5) is 11.5 Å². The summed E-state index contributed by atoms with van der Waals surface area (Å²) in [5, 5.41) is 4.09. The fourth-order valence-electron chi connectivity index (χ4n) is 2.59. The van der Waals surface area contributed by atoms with E-state index in [-0.39, 0.29) is 0 Å². The van der Waals surface area contributed by atoms with Crippen LogP contribution >= 0.6 is 0 Å². The van der Waals surface area contributed by atoms with Gasteiger partial charge in [-0.1, -0.05) is 0 Å². The molecule has 0 aliphatic rings. The molecule has 1 N–H and O–H groups in total. The van der Waals surface area contributed by atoms with Gasteiger partial charge >= 0.3 is 0 Å². The van der Waals surface area contributed by atoms with Crippen molar-refractivity contribution in [1.29, 1.82) is 0 Å². The molecule has 0 amide bonds. The van der Waals surface area contributed by atoms with E-state index in [0.717, 1.165) is 11.1 Å². The predicted molar refractivity (Wildman–Crippen MR) is 95.5 cm³/mol. The highest BCUT2D eigenvalue weighted by Crippen LogP contribution is 2.37. The van der Waals surface area contributed by atoms with Crippen molar-refractivity contribution >= 4 is 22.4 Å². The summed E-state index contributed by atoms with van der Waals surface area (Å²) in [6.07, 6.45) is 1.48. The van der Waals surface area contributed by atoms with Gasteiger partial charge in [-0.25, -0.2) is 9.97 Å². The van der Waals surface area contributed by atoms with Crippen molar-refractivity contribution in [3.63, 3.8) is 0 Å². The number of fused-ring (bicyclic) bond motifs is 1. The number of nitrogens with zero attached hydrogens (tertiary/aromatic N) is 2. The number of aromatic nitrogens is 2. The number of hydrogen-bond acceptors (Lipinski definition) is 7. The molecule has 0 saturated carbocycles. The average Bonchev–Trinajstić information content (AvgIpc) is 2.67. The van der Waals surface area contributed by atoms with Gasteiger partial charge in [-0.2, -0.15) is 0 Å². The molecule has 3 rings (SSSR count). The molecule has 3 aromatic rings. The Balaban J connectivity index is 2.05. The molecule has 0 radical (unpaired) electrons. The Hall–Kier alpha value is -3.22. The Kier molecular flexibility index (Phi) is 4.74. The molecule has 0 aliphatic heterocycles. The standard InChI is InChI=1S/C18H19N3O4/c1-22-13-7-5-11(9-15(13)24-3)21-18-12-6-8-14(23-2)17(25-4)16(12)19-10-20-18/h5-10H,1-4H3,(H,19,20,21). The van der Waals surface area contributed by atoms with Crippen LogP contribution in [0, 0.1) is 0 Å². The van der Waals surface area contributed by atoms with Crippen LogP contribution in [0.15, 0.2) is 36.7 Å². The highest BCUT2D eigenvalue weighted by atomic mass is 16.5. The van der Waals surface area contributed by atoms with Crippen LogP contribution in [0.1, 0.15) is 0 Å². The molecular weight excluding hydrogens is 322 g/mol. The van der Waals surface area contributed by atoms with E-state index in [1.807, 2.05) is 30.3 Å². The molecule has 1 heterocycles. The summed E-state index contributed by atoms with van der Waals surface area (Å²) in [6, 6.07) is 9.27. The summed E-state index contributed by atoms with van der Waals surface area (Å²) in [5.74, 6) is 3.12. The van der Waals surface area contributed by atoms with Crippen molar-refractivity contribution < 1.29 is 18.9 Å². The topological polar surface area (TPSA) is 74.7 Å². The molecule has 0 bridgehead atoms. The Morgan fingerprint density at radius 2 is 1.48 bits per heavy atom. The Morgan fingerprint density at radius 1 is 0.760 bits per heavy atom. The molecule has 0 fully saturated rings. The van der Waals surface area contributed by atoms with E-state index < -0.39 is 0 Å². The minimum Gasteiger partial charge on any atom is -0.493 e. The van der Waals surface area contributed by atoms with Gasteiger partial charge in [0.25, 0.3) is 0 Å². The van der Waals surface area contributed by atoms with E-state index in [2.05, 4.69) is 15.3 Å². The normalized spacial score (nSPS) is 10.4. The molecule has 0 aliphatic carbocycles. The predicted octanol–water partition coefficient (Wildman–Crippen LogP) is 3.41. The van der Waals surface area contributed by atoms with Crippen molar-refractivity contribution in [2.24, 2.45) is 0 Å². The van der Waals surface area contributed by atoms with Crippen LogP contribution in [0.5, 0.6) is 23.0 Å². The van der Waals surface area contributed by atoms with Gasteiger partial charge in [0.2, 0.25) is 0 Å². The van der Waals surface area contributed by atoms with E-state index in [1.165, 1.54) is 6.33 Å². The first-order valence-corrected chi connectivity index (χ1v) is 7.56. The number of benzene rings is 2. The molecule has 2 aromatic carbocycles. The molecule has 7 heteroatoms. The summed E-state index contributed by atoms with van der Waals surface area (Å²) >= 11 is 0. The van der Waals surface area contributed by atoms with Crippen molar-refractivity contribution in [1.82, 2.24) is 9.97 Å². The van der Waals surface area contributed by atoms with Crippen LogP contribution in [0.25, 0.3) is 10.9 Å². The van der Waals surface area contributed by atoms with E-state index in [9.17, 15) is 0 Å². The third kappa shape index (κ3) is 3.08. The van der Waals surface area contributed by atoms with Gasteiger partial charge in [0.15, 0.2) is 23.0 Å². The van der Waals surface area contributed by atoms with E-state index in [4.69, 9.17) is 18.9 Å². The van der Waals surface area contributed by atoms with Gasteiger partial charge in [-0.3, -0.25) is 0 Å². The summed E-state index contributed by atoms with van der Waals surface area (Å²) in [5.41, 5.74) is 1.48. The van der Waals surface area contributed by atoms with Gasteiger partial charge in [-0.15, -0.1) is 0 Å². The monoisotopic (exact) mass is 341 g/mol. The maximum absolute atomic E-state index is 5.44. The zero-order valence-electron chi connectivity index (χ0n) is 14.5. The summed E-state index contributed by atoms with van der Waals surface area (Å²) in [7, 11) is 6.37. The third-order valence-corrected chi connectivity index (χ3v) is 3.79. The number of nitrogens with one attached hydrogen (secondary N) is 1. The Labute approximate surface area is 145 Å². The summed E-state index contributed by atoms with van der Waals surface area (Å²) < 4.78 is 21.4. The SMILES string of the molecule is COc1ccc(Nc2ncnc3c(OC)c(OC)ccc23)cc1OC. The second kappa shape index (κ2) is 7.12. The first kappa shape index (κ1) is 16.6. The lowest BCUT2D eigenvalue weighted by Crippen LogP contribution is -1.99. The van der Waals surface area contributed by atoms with Crippen molar-refractivity contribution in [3.05, 3.63) is 36.7 Å². The molecule has 7 nitrogen and oxygen atoms in total. The minimum absolute atomic E-state index is 0.567. The zero-order valence-corrected chi connectivity index (χ0v) is 14.5. The van der Waals surface area contributed by atoms with Crippen molar-refractivity contribution in [2.75, 3.05) is 33.8 Å². The van der Waals surface area contributed by atoms with E-state index in [1.54, 1.807) is 28.4 Å². The zero-order chi connectivity index (χ0) is 17.8. The number of ether oxygens (including phenoxy) is 4. The first-order chi connectivity index (χ1) is 12.2. The molecular formula is C18H19N3O4. The quantitative estimate of drug-likeness (QED) is 0.736. The maximum Gasteiger partial charge on any atom is 0.187 e. The van der Waals surface area contributed by atoms with Crippen LogP contribution in [-0.2, 0) is 0 Å². The molecule has 130 valence electrons. The smallest absolute Gasteiger partial charge is 0.187 e. The lowest BCUT2D eigenvalue weighted by Gasteiger charge is -2.14. The molecule has 25 heavy (non-hydrogen) atoms. The fraction of sp³-hybridized carbons (Fsp3) is 0.222. The van der Waals surface area contributed by atoms with E-state index in [0.29, 0.717) is 34.3 Å². The van der Waals surface area contributed by atoms with Crippen LogP contribution in [-0.4, -0.2) is 38.4 Å². The van der Waals surface area contributed by atoms with Gasteiger partial charge < -0.3 is 24.3 Å². The summed E-state index contributed by atoms with van der Waals surface area (Å²) in [4.78, 5) is 8.66. The third-order valence-electron chi connectivity index (χ3n) is 3.79. The maximum atomic E-state index is 5.44. The van der Waals surface area contributed by atoms with Crippen molar-refractivity contribution in [3.8, 4) is 23.0 Å². The number of hydrogen-bond donors (Lipinski definition) is 1. The molecule has 0 spiro atoms. The first-order valence-electron chi connectivity index (χ1n) is 7.56. The number of rotatable bonds is 6. The van der Waals surface area contributed by atoms with Gasteiger partial charge in [-0.05, 0) is 24.3 Å². The molecule has 0 unspecified atom stereocenters. The number of anilines is 2. The number of methoxy groups -OCH3 is 4. The van der Waals surface area contributed by atoms with Gasteiger partial charge in [0.05, 0.1) is 28.4 Å². The lowest BCUT2D eigenvalue weighted by atomic mass is 10.2. The Morgan fingerprint density at radius 3 is 2.16 bits per heavy atom. The Bertz CT molecular complexity index is 899. The van der Waals surface area contributed by atoms with Crippen LogP contribution in [0.3, 0.4) is 0 Å². The second-order valence-electron chi connectivity index (χ2n) is 5.11. The molecule has 0 atom stereocenters. The van der Waals surface area contributed by atoms with Crippen molar-refractivity contribution in [2.45, 2.75) is 0 Å². The van der Waals surface area contributed by atoms with Gasteiger partial charge in [0, 0.05) is 17.1 Å². The minimum atomic E-state index is 0.567. The highest BCUT2D eigenvalue weighted by molar-refractivity contribution is 5.95. The molecule has 1 aromatic heterocycles. The largest absolute Gasteiger partial charge is 0.493 e. The fourth-order valence-corrected chi connectivity index (χ4v) is 2.59. The average molecular weight is 341 g/mol. The van der Waals surface area contributed by atoms with Crippen LogP contribution < -0.4 is 24.3 Å². The molecule has 0 saturated heterocycles. The summed E-state index contributed by atoms with van der Waals surface area (Å²) in [6.45, 7) is 0. The van der Waals surface area contributed by atoms with Gasteiger partial charge in [0.1, 0.15) is 17.7 Å². The lowest BCUT2D eigenvalue weighted by molar-refractivity contribution is 0.355.